The zero-order valence-electron chi connectivity index (χ0n) is 14.6. The van der Waals surface area contributed by atoms with E-state index in [1.54, 1.807) is 11.3 Å². The van der Waals surface area contributed by atoms with Gasteiger partial charge in [0.15, 0.2) is 5.96 Å². The van der Waals surface area contributed by atoms with Crippen molar-refractivity contribution in [2.75, 3.05) is 26.2 Å². The van der Waals surface area contributed by atoms with E-state index in [0.29, 0.717) is 5.41 Å². The summed E-state index contributed by atoms with van der Waals surface area (Å²) < 4.78 is 0. The number of thiazole rings is 1. The molecule has 2 heterocycles. The third-order valence-electron chi connectivity index (χ3n) is 5.21. The van der Waals surface area contributed by atoms with Gasteiger partial charge in [-0.15, -0.1) is 11.3 Å². The van der Waals surface area contributed by atoms with Crippen LogP contribution >= 0.6 is 11.3 Å². The van der Waals surface area contributed by atoms with E-state index in [2.05, 4.69) is 34.4 Å². The number of hydrogen-bond acceptors (Lipinski definition) is 3. The molecule has 0 radical (unpaired) electrons. The lowest BCUT2D eigenvalue weighted by Crippen LogP contribution is -2.42. The van der Waals surface area contributed by atoms with Gasteiger partial charge in [0.25, 0.3) is 0 Å². The third kappa shape index (κ3) is 4.25. The van der Waals surface area contributed by atoms with Crippen LogP contribution in [0.4, 0.5) is 0 Å². The minimum Gasteiger partial charge on any atom is -0.357 e. The van der Waals surface area contributed by atoms with Crippen molar-refractivity contribution in [2.24, 2.45) is 10.4 Å². The van der Waals surface area contributed by atoms with Crippen molar-refractivity contribution in [3.8, 4) is 0 Å². The first-order valence-corrected chi connectivity index (χ1v) is 10.0. The molecule has 128 valence electrons. The number of unbranched alkanes of at least 4 members (excludes halogenated alkanes) is 1. The lowest BCUT2D eigenvalue weighted by atomic mass is 9.68. The fraction of sp³-hybridized carbons (Fsp3) is 0.778. The van der Waals surface area contributed by atoms with Crippen LogP contribution in [0.15, 0.2) is 10.4 Å². The standard InChI is InChI=1S/C18H30N4S/c1-3-19-17(22-12-10-18(14-22)8-6-9-18)20-11-5-4-7-16-21-15(2)13-23-16/h13H,3-12,14H2,1-2H3,(H,19,20). The zero-order chi connectivity index (χ0) is 16.1. The summed E-state index contributed by atoms with van der Waals surface area (Å²) in [5.74, 6) is 1.14. The Balaban J connectivity index is 1.43. The summed E-state index contributed by atoms with van der Waals surface area (Å²) in [4.78, 5) is 11.9. The maximum Gasteiger partial charge on any atom is 0.193 e. The molecule has 2 fully saturated rings. The number of aryl methyl sites for hydroxylation is 2. The highest BCUT2D eigenvalue weighted by molar-refractivity contribution is 7.09. The van der Waals surface area contributed by atoms with Gasteiger partial charge < -0.3 is 10.2 Å². The van der Waals surface area contributed by atoms with Crippen molar-refractivity contribution in [3.63, 3.8) is 0 Å². The van der Waals surface area contributed by atoms with E-state index in [-0.39, 0.29) is 0 Å². The lowest BCUT2D eigenvalue weighted by molar-refractivity contribution is 0.151. The van der Waals surface area contributed by atoms with Crippen LogP contribution in [0.2, 0.25) is 0 Å². The summed E-state index contributed by atoms with van der Waals surface area (Å²) in [6, 6.07) is 0. The summed E-state index contributed by atoms with van der Waals surface area (Å²) in [6.07, 6.45) is 9.06. The van der Waals surface area contributed by atoms with Gasteiger partial charge in [0.05, 0.1) is 5.01 Å². The molecule has 1 aliphatic carbocycles. The average molecular weight is 335 g/mol. The molecule has 1 aromatic rings. The number of aliphatic imine (C=N–C) groups is 1. The Kier molecular flexibility index (Phi) is 5.57. The van der Waals surface area contributed by atoms with Gasteiger partial charge in [-0.25, -0.2) is 4.98 Å². The maximum atomic E-state index is 4.87. The second-order valence-electron chi connectivity index (χ2n) is 7.10. The molecule has 3 rings (SSSR count). The summed E-state index contributed by atoms with van der Waals surface area (Å²) >= 11 is 1.78. The quantitative estimate of drug-likeness (QED) is 0.491. The van der Waals surface area contributed by atoms with Gasteiger partial charge in [0, 0.05) is 37.3 Å². The molecule has 0 amide bonds. The molecular formula is C18H30N4S. The van der Waals surface area contributed by atoms with Crippen LogP contribution in [-0.4, -0.2) is 42.0 Å². The highest BCUT2D eigenvalue weighted by atomic mass is 32.1. The molecule has 0 unspecified atom stereocenters. The van der Waals surface area contributed by atoms with Gasteiger partial charge in [0.2, 0.25) is 0 Å². The highest BCUT2D eigenvalue weighted by Crippen LogP contribution is 2.47. The minimum absolute atomic E-state index is 0.638. The van der Waals surface area contributed by atoms with Crippen molar-refractivity contribution in [3.05, 3.63) is 16.1 Å². The first kappa shape index (κ1) is 16.7. The Morgan fingerprint density at radius 2 is 2.26 bits per heavy atom. The van der Waals surface area contributed by atoms with Gasteiger partial charge in [-0.05, 0) is 57.8 Å². The zero-order valence-corrected chi connectivity index (χ0v) is 15.4. The number of hydrogen-bond donors (Lipinski definition) is 1. The van der Waals surface area contributed by atoms with Crippen LogP contribution in [0.25, 0.3) is 0 Å². The molecule has 1 aromatic heterocycles. The average Bonchev–Trinajstić information content (AvgIpc) is 3.12. The SMILES string of the molecule is CCNC(=NCCCCc1nc(C)cs1)N1CCC2(CCC2)C1. The fourth-order valence-electron chi connectivity index (χ4n) is 3.72. The Morgan fingerprint density at radius 1 is 1.39 bits per heavy atom. The second kappa shape index (κ2) is 7.65. The molecule has 0 aromatic carbocycles. The van der Waals surface area contributed by atoms with Crippen molar-refractivity contribution in [1.29, 1.82) is 0 Å². The van der Waals surface area contributed by atoms with Gasteiger partial charge in [-0.2, -0.15) is 0 Å². The predicted octanol–water partition coefficient (Wildman–Crippen LogP) is 3.62. The smallest absolute Gasteiger partial charge is 0.193 e. The van der Waals surface area contributed by atoms with E-state index < -0.39 is 0 Å². The summed E-state index contributed by atoms with van der Waals surface area (Å²) in [5.41, 5.74) is 1.79. The van der Waals surface area contributed by atoms with E-state index in [0.717, 1.165) is 37.6 Å². The van der Waals surface area contributed by atoms with Crippen molar-refractivity contribution in [1.82, 2.24) is 15.2 Å². The molecule has 5 heteroatoms. The second-order valence-corrected chi connectivity index (χ2v) is 8.04. The van der Waals surface area contributed by atoms with E-state index in [1.807, 2.05) is 0 Å². The third-order valence-corrected chi connectivity index (χ3v) is 6.24. The van der Waals surface area contributed by atoms with Crippen molar-refractivity contribution < 1.29 is 0 Å². The first-order valence-electron chi connectivity index (χ1n) is 9.15. The lowest BCUT2D eigenvalue weighted by Gasteiger charge is -2.38. The molecule has 0 atom stereocenters. The van der Waals surface area contributed by atoms with Gasteiger partial charge in [-0.3, -0.25) is 4.99 Å². The normalized spacial score (nSPS) is 20.1. The first-order chi connectivity index (χ1) is 11.2. The minimum atomic E-state index is 0.638. The van der Waals surface area contributed by atoms with Gasteiger partial charge in [-0.1, -0.05) is 6.42 Å². The fourth-order valence-corrected chi connectivity index (χ4v) is 4.54. The molecule has 4 nitrogen and oxygen atoms in total. The molecule has 23 heavy (non-hydrogen) atoms. The van der Waals surface area contributed by atoms with E-state index in [4.69, 9.17) is 4.99 Å². The number of aromatic nitrogens is 1. The molecule has 1 aliphatic heterocycles. The van der Waals surface area contributed by atoms with Crippen LogP contribution in [-0.2, 0) is 6.42 Å². The van der Waals surface area contributed by atoms with Crippen LogP contribution in [0, 0.1) is 12.3 Å². The van der Waals surface area contributed by atoms with Crippen LogP contribution in [0.1, 0.15) is 56.2 Å². The number of nitrogens with one attached hydrogen (secondary N) is 1. The van der Waals surface area contributed by atoms with Crippen LogP contribution in [0.3, 0.4) is 0 Å². The van der Waals surface area contributed by atoms with Crippen molar-refractivity contribution >= 4 is 17.3 Å². The Hall–Kier alpha value is -1.10. The highest BCUT2D eigenvalue weighted by Gasteiger charge is 2.43. The largest absolute Gasteiger partial charge is 0.357 e. The Morgan fingerprint density at radius 3 is 2.87 bits per heavy atom. The summed E-state index contributed by atoms with van der Waals surface area (Å²) in [6.45, 7) is 8.52. The monoisotopic (exact) mass is 334 g/mol. The number of nitrogens with zero attached hydrogens (tertiary/aromatic N) is 3. The van der Waals surface area contributed by atoms with E-state index >= 15 is 0 Å². The molecule has 1 spiro atoms. The van der Waals surface area contributed by atoms with Crippen LogP contribution < -0.4 is 5.32 Å². The Bertz CT molecular complexity index is 533. The molecular weight excluding hydrogens is 304 g/mol. The topological polar surface area (TPSA) is 40.5 Å². The Labute approximate surface area is 144 Å². The van der Waals surface area contributed by atoms with Gasteiger partial charge >= 0.3 is 0 Å². The molecule has 0 bridgehead atoms. The van der Waals surface area contributed by atoms with Crippen molar-refractivity contribution in [2.45, 2.75) is 58.8 Å². The number of guanidine groups is 1. The number of rotatable bonds is 6. The van der Waals surface area contributed by atoms with E-state index in [9.17, 15) is 0 Å². The van der Waals surface area contributed by atoms with Crippen LogP contribution in [0.5, 0.6) is 0 Å². The van der Waals surface area contributed by atoms with Gasteiger partial charge in [0.1, 0.15) is 0 Å². The predicted molar refractivity (Wildman–Crippen MR) is 98.2 cm³/mol. The summed E-state index contributed by atoms with van der Waals surface area (Å²) in [7, 11) is 0. The molecule has 2 aliphatic rings. The number of likely N-dealkylation sites (tertiary alicyclic amines) is 1. The molecule has 1 saturated carbocycles. The summed E-state index contributed by atoms with van der Waals surface area (Å²) in [5, 5.41) is 6.90. The van der Waals surface area contributed by atoms with E-state index in [1.165, 1.54) is 50.2 Å². The molecule has 1 saturated heterocycles. The molecule has 1 N–H and O–H groups in total. The maximum absolute atomic E-state index is 4.87.